The van der Waals surface area contributed by atoms with Crippen LogP contribution in [-0.4, -0.2) is 9.97 Å². The zero-order valence-corrected chi connectivity index (χ0v) is 15.0. The summed E-state index contributed by atoms with van der Waals surface area (Å²) < 4.78 is 0. The van der Waals surface area contributed by atoms with Crippen LogP contribution in [0.2, 0.25) is 0 Å². The third kappa shape index (κ3) is 5.05. The maximum Gasteiger partial charge on any atom is 0.225 e. The van der Waals surface area contributed by atoms with Crippen molar-refractivity contribution < 1.29 is 0 Å². The second-order valence-corrected chi connectivity index (χ2v) is 6.40. The largest absolute Gasteiger partial charge is 0.366 e. The van der Waals surface area contributed by atoms with E-state index in [4.69, 9.17) is 0 Å². The van der Waals surface area contributed by atoms with E-state index in [2.05, 4.69) is 83.0 Å². The van der Waals surface area contributed by atoms with Crippen molar-refractivity contribution in [1.82, 2.24) is 9.97 Å². The van der Waals surface area contributed by atoms with Gasteiger partial charge in [0.15, 0.2) is 0 Å². The summed E-state index contributed by atoms with van der Waals surface area (Å²) in [5.74, 6) is 1.48. The summed E-state index contributed by atoms with van der Waals surface area (Å²) in [6.07, 6.45) is 0. The van der Waals surface area contributed by atoms with E-state index in [1.54, 1.807) is 0 Å². The molecule has 0 unspecified atom stereocenters. The fraction of sp³-hybridized carbons (Fsp3) is 0.238. The summed E-state index contributed by atoms with van der Waals surface area (Å²) in [5.41, 5.74) is 5.92. The Morgan fingerprint density at radius 3 is 2.24 bits per heavy atom. The normalized spacial score (nSPS) is 10.5. The van der Waals surface area contributed by atoms with Crippen LogP contribution in [0.1, 0.15) is 27.9 Å². The first kappa shape index (κ1) is 17.0. The van der Waals surface area contributed by atoms with Crippen LogP contribution in [-0.2, 0) is 13.1 Å². The second-order valence-electron chi connectivity index (χ2n) is 6.40. The van der Waals surface area contributed by atoms with Crippen molar-refractivity contribution in [3.05, 3.63) is 82.5 Å². The molecule has 1 heterocycles. The van der Waals surface area contributed by atoms with Crippen molar-refractivity contribution in [3.63, 3.8) is 0 Å². The quantitative estimate of drug-likeness (QED) is 0.691. The SMILES string of the molecule is Cc1ccc(CNc2nc(C)cc(NCc3cccc(C)c3)n2)cc1. The van der Waals surface area contributed by atoms with Crippen LogP contribution in [0, 0.1) is 20.8 Å². The number of benzene rings is 2. The van der Waals surface area contributed by atoms with Crippen LogP contribution in [0.5, 0.6) is 0 Å². The van der Waals surface area contributed by atoms with Gasteiger partial charge < -0.3 is 10.6 Å². The van der Waals surface area contributed by atoms with Crippen LogP contribution >= 0.6 is 0 Å². The number of anilines is 2. The van der Waals surface area contributed by atoms with Gasteiger partial charge in [0.2, 0.25) is 5.95 Å². The molecule has 128 valence electrons. The average Bonchev–Trinajstić information content (AvgIpc) is 2.59. The number of rotatable bonds is 6. The van der Waals surface area contributed by atoms with E-state index < -0.39 is 0 Å². The number of aryl methyl sites for hydroxylation is 3. The Kier molecular flexibility index (Phi) is 5.29. The molecule has 0 radical (unpaired) electrons. The lowest BCUT2D eigenvalue weighted by Gasteiger charge is -2.10. The average molecular weight is 332 g/mol. The Morgan fingerprint density at radius 1 is 0.720 bits per heavy atom. The first-order valence-corrected chi connectivity index (χ1v) is 8.53. The highest BCUT2D eigenvalue weighted by molar-refractivity contribution is 5.43. The first-order chi connectivity index (χ1) is 12.1. The Morgan fingerprint density at radius 2 is 1.48 bits per heavy atom. The minimum atomic E-state index is 0.646. The summed E-state index contributed by atoms with van der Waals surface area (Å²) in [6, 6.07) is 18.9. The molecule has 0 aliphatic rings. The van der Waals surface area contributed by atoms with Crippen LogP contribution in [0.3, 0.4) is 0 Å². The minimum absolute atomic E-state index is 0.646. The van der Waals surface area contributed by atoms with Crippen molar-refractivity contribution in [2.75, 3.05) is 10.6 Å². The minimum Gasteiger partial charge on any atom is -0.366 e. The third-order valence-electron chi connectivity index (χ3n) is 3.98. The fourth-order valence-corrected chi connectivity index (χ4v) is 2.64. The lowest BCUT2D eigenvalue weighted by atomic mass is 10.1. The summed E-state index contributed by atoms with van der Waals surface area (Å²) in [7, 11) is 0. The van der Waals surface area contributed by atoms with Gasteiger partial charge in [-0.3, -0.25) is 0 Å². The molecule has 0 fully saturated rings. The van der Waals surface area contributed by atoms with Crippen molar-refractivity contribution in [2.24, 2.45) is 0 Å². The lowest BCUT2D eigenvalue weighted by molar-refractivity contribution is 1.01. The molecular weight excluding hydrogens is 308 g/mol. The van der Waals surface area contributed by atoms with Gasteiger partial charge in [0.25, 0.3) is 0 Å². The molecule has 2 aromatic carbocycles. The molecule has 0 aliphatic carbocycles. The topological polar surface area (TPSA) is 49.8 Å². The lowest BCUT2D eigenvalue weighted by Crippen LogP contribution is -2.08. The van der Waals surface area contributed by atoms with E-state index in [1.807, 2.05) is 13.0 Å². The van der Waals surface area contributed by atoms with Crippen molar-refractivity contribution in [1.29, 1.82) is 0 Å². The number of hydrogen-bond acceptors (Lipinski definition) is 4. The molecule has 0 bridgehead atoms. The molecule has 0 spiro atoms. The highest BCUT2D eigenvalue weighted by Crippen LogP contribution is 2.13. The molecule has 3 aromatic rings. The molecule has 1 aromatic heterocycles. The molecule has 2 N–H and O–H groups in total. The maximum absolute atomic E-state index is 4.57. The highest BCUT2D eigenvalue weighted by atomic mass is 15.1. The van der Waals surface area contributed by atoms with Crippen molar-refractivity contribution in [2.45, 2.75) is 33.9 Å². The number of aromatic nitrogens is 2. The number of nitrogens with one attached hydrogen (secondary N) is 2. The molecule has 4 nitrogen and oxygen atoms in total. The molecule has 0 saturated heterocycles. The summed E-state index contributed by atoms with van der Waals surface area (Å²) in [5, 5.41) is 6.69. The Hall–Kier alpha value is -2.88. The second kappa shape index (κ2) is 7.79. The van der Waals surface area contributed by atoms with E-state index in [0.29, 0.717) is 12.5 Å². The zero-order chi connectivity index (χ0) is 17.6. The van der Waals surface area contributed by atoms with Gasteiger partial charge in [-0.25, -0.2) is 4.98 Å². The maximum atomic E-state index is 4.57. The van der Waals surface area contributed by atoms with Crippen LogP contribution < -0.4 is 10.6 Å². The Labute approximate surface area is 149 Å². The van der Waals surface area contributed by atoms with Gasteiger partial charge in [0, 0.05) is 24.8 Å². The van der Waals surface area contributed by atoms with Crippen LogP contribution in [0.4, 0.5) is 11.8 Å². The molecule has 25 heavy (non-hydrogen) atoms. The van der Waals surface area contributed by atoms with Gasteiger partial charge in [0.1, 0.15) is 5.82 Å². The fourth-order valence-electron chi connectivity index (χ4n) is 2.64. The first-order valence-electron chi connectivity index (χ1n) is 8.53. The predicted octanol–water partition coefficient (Wildman–Crippen LogP) is 4.63. The molecule has 0 amide bonds. The van der Waals surface area contributed by atoms with Gasteiger partial charge in [-0.2, -0.15) is 4.98 Å². The molecule has 4 heteroatoms. The molecule has 0 atom stereocenters. The van der Waals surface area contributed by atoms with E-state index in [9.17, 15) is 0 Å². The van der Waals surface area contributed by atoms with Crippen molar-refractivity contribution >= 4 is 11.8 Å². The van der Waals surface area contributed by atoms with Gasteiger partial charge >= 0.3 is 0 Å². The number of hydrogen-bond donors (Lipinski definition) is 2. The predicted molar refractivity (Wildman–Crippen MR) is 104 cm³/mol. The highest BCUT2D eigenvalue weighted by Gasteiger charge is 2.03. The number of nitrogens with zero attached hydrogens (tertiary/aromatic N) is 2. The van der Waals surface area contributed by atoms with E-state index >= 15 is 0 Å². The van der Waals surface area contributed by atoms with Crippen LogP contribution in [0.15, 0.2) is 54.6 Å². The van der Waals surface area contributed by atoms with Gasteiger partial charge in [-0.05, 0) is 31.9 Å². The summed E-state index contributed by atoms with van der Waals surface area (Å²) in [4.78, 5) is 9.04. The van der Waals surface area contributed by atoms with E-state index in [-0.39, 0.29) is 0 Å². The zero-order valence-electron chi connectivity index (χ0n) is 15.0. The Bertz CT molecular complexity index is 841. The monoisotopic (exact) mass is 332 g/mol. The third-order valence-corrected chi connectivity index (χ3v) is 3.98. The van der Waals surface area contributed by atoms with Gasteiger partial charge in [-0.1, -0.05) is 59.7 Å². The van der Waals surface area contributed by atoms with Gasteiger partial charge in [0.05, 0.1) is 0 Å². The van der Waals surface area contributed by atoms with Gasteiger partial charge in [-0.15, -0.1) is 0 Å². The molecular formula is C21H24N4. The summed E-state index contributed by atoms with van der Waals surface area (Å²) >= 11 is 0. The molecule has 0 aliphatic heterocycles. The molecule has 3 rings (SSSR count). The smallest absolute Gasteiger partial charge is 0.225 e. The summed E-state index contributed by atoms with van der Waals surface area (Å²) in [6.45, 7) is 7.63. The standard InChI is InChI=1S/C21H24N4/c1-15-7-9-18(10-8-15)13-23-21-24-17(3)12-20(25-21)22-14-19-6-4-5-16(2)11-19/h4-12H,13-14H2,1-3H3,(H2,22,23,24,25). The van der Waals surface area contributed by atoms with E-state index in [1.165, 1.54) is 22.3 Å². The van der Waals surface area contributed by atoms with E-state index in [0.717, 1.165) is 18.1 Å². The van der Waals surface area contributed by atoms with Crippen LogP contribution in [0.25, 0.3) is 0 Å². The molecule has 0 saturated carbocycles. The van der Waals surface area contributed by atoms with Crippen molar-refractivity contribution in [3.8, 4) is 0 Å². The Balaban J connectivity index is 1.64.